The molecule has 1 saturated carbocycles. The zero-order valence-electron chi connectivity index (χ0n) is 10.2. The Labute approximate surface area is 111 Å². The van der Waals surface area contributed by atoms with Crippen molar-refractivity contribution in [1.82, 2.24) is 0 Å². The van der Waals surface area contributed by atoms with E-state index >= 15 is 0 Å². The predicted octanol–water partition coefficient (Wildman–Crippen LogP) is 0.999. The molecule has 1 fully saturated rings. The molecule has 19 heavy (non-hydrogen) atoms. The van der Waals surface area contributed by atoms with Gasteiger partial charge in [-0.1, -0.05) is 0 Å². The topological polar surface area (TPSA) is 109 Å². The highest BCUT2D eigenvalue weighted by molar-refractivity contribution is 7.89. The van der Waals surface area contributed by atoms with Crippen LogP contribution in [0, 0.1) is 5.92 Å². The first kappa shape index (κ1) is 13.8. The summed E-state index contributed by atoms with van der Waals surface area (Å²) in [5, 5.41) is 17.1. The third-order valence-corrected chi connectivity index (χ3v) is 4.26. The van der Waals surface area contributed by atoms with Gasteiger partial charge in [0.05, 0.1) is 10.8 Å². The number of carboxylic acid groups (broad SMARTS) is 1. The van der Waals surface area contributed by atoms with Crippen molar-refractivity contribution in [1.29, 1.82) is 0 Å². The fourth-order valence-electron chi connectivity index (χ4n) is 2.31. The van der Waals surface area contributed by atoms with Crippen molar-refractivity contribution in [2.75, 3.05) is 5.32 Å². The maximum Gasteiger partial charge on any atom is 0.306 e. The third-order valence-electron chi connectivity index (χ3n) is 3.34. The van der Waals surface area contributed by atoms with Gasteiger partial charge >= 0.3 is 5.97 Å². The summed E-state index contributed by atoms with van der Waals surface area (Å²) in [5.74, 6) is -1.05. The van der Waals surface area contributed by atoms with E-state index in [1.807, 2.05) is 0 Å². The van der Waals surface area contributed by atoms with E-state index in [2.05, 4.69) is 5.32 Å². The average molecular weight is 284 g/mol. The first-order valence-electron chi connectivity index (χ1n) is 5.98. The minimum absolute atomic E-state index is 0.0629. The number of carbonyl (C=O) groups is 1. The first-order chi connectivity index (χ1) is 8.86. The van der Waals surface area contributed by atoms with Crippen LogP contribution in [0.3, 0.4) is 0 Å². The molecule has 1 aliphatic carbocycles. The van der Waals surface area contributed by atoms with Gasteiger partial charge in [0, 0.05) is 11.7 Å². The normalized spacial score (nSPS) is 23.2. The molecule has 0 saturated heterocycles. The van der Waals surface area contributed by atoms with E-state index in [9.17, 15) is 13.2 Å². The molecule has 7 heteroatoms. The molecule has 0 heterocycles. The number of sulfonamides is 1. The molecular weight excluding hydrogens is 268 g/mol. The lowest BCUT2D eigenvalue weighted by atomic mass is 10.1. The van der Waals surface area contributed by atoms with Crippen LogP contribution < -0.4 is 10.5 Å². The summed E-state index contributed by atoms with van der Waals surface area (Å²) >= 11 is 0. The van der Waals surface area contributed by atoms with Gasteiger partial charge in [-0.05, 0) is 43.5 Å². The minimum Gasteiger partial charge on any atom is -0.481 e. The number of carboxylic acids is 1. The molecule has 6 nitrogen and oxygen atoms in total. The van der Waals surface area contributed by atoms with Crippen molar-refractivity contribution in [3.05, 3.63) is 24.3 Å². The average Bonchev–Trinajstić information content (AvgIpc) is 2.77. The van der Waals surface area contributed by atoms with Gasteiger partial charge in [-0.2, -0.15) is 0 Å². The molecule has 1 aliphatic rings. The highest BCUT2D eigenvalue weighted by Gasteiger charge is 2.29. The Kier molecular flexibility index (Phi) is 3.77. The van der Waals surface area contributed by atoms with E-state index in [0.29, 0.717) is 12.8 Å². The molecular formula is C12H16N2O4S. The van der Waals surface area contributed by atoms with Crippen LogP contribution in [-0.2, 0) is 14.8 Å². The maximum atomic E-state index is 11.1. The van der Waals surface area contributed by atoms with Crippen LogP contribution in [0.2, 0.25) is 0 Å². The van der Waals surface area contributed by atoms with Crippen molar-refractivity contribution >= 4 is 21.7 Å². The molecule has 2 rings (SSSR count). The number of nitrogens with two attached hydrogens (primary N) is 1. The van der Waals surface area contributed by atoms with E-state index in [0.717, 1.165) is 12.1 Å². The van der Waals surface area contributed by atoms with Gasteiger partial charge in [0.1, 0.15) is 0 Å². The Hall–Kier alpha value is -1.60. The van der Waals surface area contributed by atoms with Gasteiger partial charge in [0.25, 0.3) is 0 Å². The summed E-state index contributed by atoms with van der Waals surface area (Å²) in [6.07, 6.45) is 2.06. The van der Waals surface area contributed by atoms with Crippen LogP contribution in [0.4, 0.5) is 5.69 Å². The lowest BCUT2D eigenvalue weighted by molar-refractivity contribution is -0.141. The van der Waals surface area contributed by atoms with Crippen molar-refractivity contribution in [2.24, 2.45) is 11.1 Å². The van der Waals surface area contributed by atoms with E-state index in [-0.39, 0.29) is 16.9 Å². The Balaban J connectivity index is 1.99. The van der Waals surface area contributed by atoms with Gasteiger partial charge in [0.2, 0.25) is 10.0 Å². The molecule has 0 aliphatic heterocycles. The summed E-state index contributed by atoms with van der Waals surface area (Å²) < 4.78 is 22.2. The van der Waals surface area contributed by atoms with E-state index in [1.54, 1.807) is 12.1 Å². The number of hydrogen-bond donors (Lipinski definition) is 3. The van der Waals surface area contributed by atoms with Crippen LogP contribution in [0.25, 0.3) is 0 Å². The maximum absolute atomic E-state index is 11.1. The molecule has 0 spiro atoms. The number of hydrogen-bond acceptors (Lipinski definition) is 4. The Morgan fingerprint density at radius 1 is 1.26 bits per heavy atom. The van der Waals surface area contributed by atoms with E-state index in [4.69, 9.17) is 10.2 Å². The molecule has 2 atom stereocenters. The number of aliphatic carboxylic acids is 1. The lowest BCUT2D eigenvalue weighted by Gasteiger charge is -2.14. The zero-order chi connectivity index (χ0) is 14.0. The number of anilines is 1. The van der Waals surface area contributed by atoms with Crippen molar-refractivity contribution in [3.63, 3.8) is 0 Å². The fraction of sp³-hybridized carbons (Fsp3) is 0.417. The van der Waals surface area contributed by atoms with Crippen molar-refractivity contribution < 1.29 is 18.3 Å². The summed E-state index contributed by atoms with van der Waals surface area (Å²) in [7, 11) is -3.67. The number of nitrogens with one attached hydrogen (secondary N) is 1. The second-order valence-corrected chi connectivity index (χ2v) is 6.32. The SMILES string of the molecule is NS(=O)(=O)c1ccc(NC2CCC(C(=O)O)C2)cc1. The lowest BCUT2D eigenvalue weighted by Crippen LogP contribution is -2.18. The third kappa shape index (κ3) is 3.45. The van der Waals surface area contributed by atoms with Crippen LogP contribution in [0.5, 0.6) is 0 Å². The highest BCUT2D eigenvalue weighted by atomic mass is 32.2. The van der Waals surface area contributed by atoms with Gasteiger partial charge in [-0.25, -0.2) is 13.6 Å². The first-order valence-corrected chi connectivity index (χ1v) is 7.53. The van der Waals surface area contributed by atoms with Crippen molar-refractivity contribution in [3.8, 4) is 0 Å². The second kappa shape index (κ2) is 5.18. The van der Waals surface area contributed by atoms with Crippen LogP contribution in [0.1, 0.15) is 19.3 Å². The molecule has 0 aromatic heterocycles. The molecule has 4 N–H and O–H groups in total. The molecule has 0 radical (unpaired) electrons. The molecule has 0 bridgehead atoms. The molecule has 0 amide bonds. The summed E-state index contributed by atoms with van der Waals surface area (Å²) in [4.78, 5) is 10.9. The summed E-state index contributed by atoms with van der Waals surface area (Å²) in [6.45, 7) is 0. The number of rotatable bonds is 4. The molecule has 1 aromatic rings. The summed E-state index contributed by atoms with van der Waals surface area (Å²) in [5.41, 5.74) is 0.767. The quantitative estimate of drug-likeness (QED) is 0.764. The van der Waals surface area contributed by atoms with Crippen molar-refractivity contribution in [2.45, 2.75) is 30.2 Å². The smallest absolute Gasteiger partial charge is 0.306 e. The molecule has 1 aromatic carbocycles. The van der Waals surface area contributed by atoms with Crippen LogP contribution in [0.15, 0.2) is 29.2 Å². The zero-order valence-corrected chi connectivity index (χ0v) is 11.1. The van der Waals surface area contributed by atoms with E-state index < -0.39 is 16.0 Å². The van der Waals surface area contributed by atoms with Crippen LogP contribution >= 0.6 is 0 Å². The van der Waals surface area contributed by atoms with Crippen LogP contribution in [-0.4, -0.2) is 25.5 Å². The molecule has 104 valence electrons. The van der Waals surface area contributed by atoms with Gasteiger partial charge in [-0.3, -0.25) is 4.79 Å². The minimum atomic E-state index is -3.67. The summed E-state index contributed by atoms with van der Waals surface area (Å²) in [6, 6.07) is 6.24. The largest absolute Gasteiger partial charge is 0.481 e. The number of benzene rings is 1. The monoisotopic (exact) mass is 284 g/mol. The van der Waals surface area contributed by atoms with Gasteiger partial charge in [0.15, 0.2) is 0 Å². The standard InChI is InChI=1S/C12H16N2O4S/c13-19(17,18)11-5-3-9(4-6-11)14-10-2-1-8(7-10)12(15)16/h3-6,8,10,14H,1-2,7H2,(H,15,16)(H2,13,17,18). The molecule has 2 unspecified atom stereocenters. The number of primary sulfonamides is 1. The second-order valence-electron chi connectivity index (χ2n) is 4.76. The Morgan fingerprint density at radius 3 is 2.37 bits per heavy atom. The van der Waals surface area contributed by atoms with Gasteiger partial charge in [-0.15, -0.1) is 0 Å². The Morgan fingerprint density at radius 2 is 1.89 bits per heavy atom. The fourth-order valence-corrected chi connectivity index (χ4v) is 2.83. The van der Waals surface area contributed by atoms with Gasteiger partial charge < -0.3 is 10.4 Å². The van der Waals surface area contributed by atoms with E-state index in [1.165, 1.54) is 12.1 Å². The Bertz CT molecular complexity index is 568. The predicted molar refractivity (Wildman–Crippen MR) is 70.2 cm³/mol. The highest BCUT2D eigenvalue weighted by Crippen LogP contribution is 2.28.